The number of rotatable bonds is 6. The lowest BCUT2D eigenvalue weighted by atomic mass is 9.95. The van der Waals surface area contributed by atoms with Crippen molar-refractivity contribution < 1.29 is 19.4 Å². The molecule has 0 saturated carbocycles. The molecule has 0 fully saturated rings. The van der Waals surface area contributed by atoms with Crippen molar-refractivity contribution in [3.63, 3.8) is 0 Å². The number of carbonyl (C=O) groups excluding carboxylic acids is 1. The topological polar surface area (TPSA) is 90.1 Å². The number of para-hydroxylation sites is 1. The van der Waals surface area contributed by atoms with Gasteiger partial charge in [-0.25, -0.2) is 9.79 Å². The number of fused-ring (bicyclic) bond motifs is 1. The number of benzene rings is 2. The molecule has 1 aliphatic rings. The predicted molar refractivity (Wildman–Crippen MR) is 141 cm³/mol. The van der Waals surface area contributed by atoms with Crippen molar-refractivity contribution in [2.45, 2.75) is 39.8 Å². The van der Waals surface area contributed by atoms with Gasteiger partial charge in [-0.2, -0.15) is 0 Å². The molecule has 0 unspecified atom stereocenters. The third-order valence-corrected chi connectivity index (χ3v) is 6.93. The van der Waals surface area contributed by atoms with Crippen LogP contribution >= 0.6 is 34.5 Å². The van der Waals surface area contributed by atoms with Gasteiger partial charge in [-0.05, 0) is 52.0 Å². The Morgan fingerprint density at radius 3 is 2.69 bits per heavy atom. The molecule has 1 aliphatic heterocycles. The van der Waals surface area contributed by atoms with Crippen LogP contribution in [0, 0.1) is 0 Å². The number of phenols is 1. The van der Waals surface area contributed by atoms with Crippen molar-refractivity contribution in [2.24, 2.45) is 4.99 Å². The lowest BCUT2D eigenvalue weighted by Gasteiger charge is -2.26. The third-order valence-electron chi connectivity index (χ3n) is 5.44. The summed E-state index contributed by atoms with van der Waals surface area (Å²) >= 11 is 13.3. The molecule has 2 aromatic carbocycles. The van der Waals surface area contributed by atoms with Gasteiger partial charge in [-0.1, -0.05) is 52.7 Å². The van der Waals surface area contributed by atoms with Gasteiger partial charge >= 0.3 is 5.97 Å². The van der Waals surface area contributed by atoms with Crippen LogP contribution in [0.25, 0.3) is 6.08 Å². The summed E-state index contributed by atoms with van der Waals surface area (Å²) in [5, 5.41) is 10.8. The molecule has 0 aliphatic carbocycles. The number of halogens is 2. The highest BCUT2D eigenvalue weighted by molar-refractivity contribution is 7.07. The highest BCUT2D eigenvalue weighted by Crippen LogP contribution is 2.36. The van der Waals surface area contributed by atoms with Crippen molar-refractivity contribution in [3.05, 3.63) is 88.5 Å². The lowest BCUT2D eigenvalue weighted by Crippen LogP contribution is -2.40. The fraction of sp³-hybridized carbons (Fsp3) is 0.269. The second-order valence-corrected chi connectivity index (χ2v) is 10.2. The van der Waals surface area contributed by atoms with Crippen LogP contribution in [0.3, 0.4) is 0 Å². The molecule has 10 heteroatoms. The fourth-order valence-corrected chi connectivity index (χ4v) is 5.54. The summed E-state index contributed by atoms with van der Waals surface area (Å²) in [5.74, 6) is -0.206. The first kappa shape index (κ1) is 26.0. The smallest absolute Gasteiger partial charge is 0.338 e. The van der Waals surface area contributed by atoms with Gasteiger partial charge in [0.15, 0.2) is 4.80 Å². The molecule has 7 nitrogen and oxygen atoms in total. The molecule has 1 aromatic heterocycles. The summed E-state index contributed by atoms with van der Waals surface area (Å²) in [7, 11) is 0. The van der Waals surface area contributed by atoms with E-state index in [2.05, 4.69) is 4.99 Å². The van der Waals surface area contributed by atoms with Gasteiger partial charge in [0.25, 0.3) is 5.56 Å². The molecule has 3 aromatic rings. The predicted octanol–water partition coefficient (Wildman–Crippen LogP) is 4.60. The van der Waals surface area contributed by atoms with E-state index in [4.69, 9.17) is 32.7 Å². The zero-order chi connectivity index (χ0) is 26.1. The molecule has 0 saturated heterocycles. The minimum atomic E-state index is -0.825. The number of aromatic hydroxyl groups is 1. The van der Waals surface area contributed by atoms with Gasteiger partial charge < -0.3 is 14.6 Å². The van der Waals surface area contributed by atoms with E-state index in [0.717, 1.165) is 11.3 Å². The summed E-state index contributed by atoms with van der Waals surface area (Å²) in [6.07, 6.45) is 1.38. The molecular weight excluding hydrogens is 523 g/mol. The normalized spacial score (nSPS) is 15.6. The molecular formula is C26H24Cl2N2O5S. The molecule has 1 N–H and O–H groups in total. The number of nitrogens with zero attached hydrogens (tertiary/aromatic N) is 2. The first-order valence-electron chi connectivity index (χ1n) is 11.3. The van der Waals surface area contributed by atoms with E-state index in [9.17, 15) is 14.7 Å². The number of esters is 1. The van der Waals surface area contributed by atoms with Crippen LogP contribution in [0.1, 0.15) is 44.9 Å². The average molecular weight is 547 g/mol. The lowest BCUT2D eigenvalue weighted by molar-refractivity contribution is -0.139. The molecule has 0 bridgehead atoms. The highest BCUT2D eigenvalue weighted by Gasteiger charge is 2.35. The van der Waals surface area contributed by atoms with Gasteiger partial charge in [-0.3, -0.25) is 9.36 Å². The zero-order valence-corrected chi connectivity index (χ0v) is 22.4. The molecule has 0 radical (unpaired) electrons. The summed E-state index contributed by atoms with van der Waals surface area (Å²) in [4.78, 5) is 31.8. The van der Waals surface area contributed by atoms with E-state index >= 15 is 0 Å². The van der Waals surface area contributed by atoms with Gasteiger partial charge in [0.1, 0.15) is 17.5 Å². The van der Waals surface area contributed by atoms with Gasteiger partial charge in [0.05, 0.1) is 33.5 Å². The fourth-order valence-electron chi connectivity index (χ4n) is 3.99. The molecule has 0 spiro atoms. The Morgan fingerprint density at radius 1 is 1.28 bits per heavy atom. The summed E-state index contributed by atoms with van der Waals surface area (Å²) in [5.41, 5.74) is 1.22. The second kappa shape index (κ2) is 10.5. The summed E-state index contributed by atoms with van der Waals surface area (Å²) < 4.78 is 13.1. The highest BCUT2D eigenvalue weighted by atomic mass is 35.5. The van der Waals surface area contributed by atoms with Gasteiger partial charge in [0.2, 0.25) is 0 Å². The average Bonchev–Trinajstić information content (AvgIpc) is 3.11. The SMILES string of the molecule is CCOC(=O)C1=C(C)N=c2s/c(=C/c3cc(Cl)cc(Cl)c3O)c(=O)n2[C@@H]1c1ccccc1OC(C)C. The number of hydrogen-bond donors (Lipinski definition) is 1. The molecule has 4 rings (SSSR count). The minimum absolute atomic E-state index is 0.0691. The van der Waals surface area contributed by atoms with Crippen molar-refractivity contribution >= 4 is 46.6 Å². The Bertz CT molecular complexity index is 1560. The van der Waals surface area contributed by atoms with Crippen LogP contribution in [0.2, 0.25) is 10.0 Å². The van der Waals surface area contributed by atoms with E-state index in [1.807, 2.05) is 32.0 Å². The van der Waals surface area contributed by atoms with Gasteiger partial charge in [-0.15, -0.1) is 0 Å². The first-order valence-corrected chi connectivity index (χ1v) is 12.8. The number of allylic oxidation sites excluding steroid dienone is 1. The van der Waals surface area contributed by atoms with E-state index in [0.29, 0.717) is 32.4 Å². The number of ether oxygens (including phenoxy) is 2. The van der Waals surface area contributed by atoms with E-state index < -0.39 is 17.6 Å². The standard InChI is InChI=1S/C26H24Cl2N2O5S/c1-5-34-25(33)21-14(4)29-26-30(22(21)17-8-6-7-9-19(17)35-13(2)3)24(32)20(36-26)11-15-10-16(27)12-18(28)23(15)31/h6-13,22,31H,5H2,1-4H3/b20-11+/t22-/m1/s1. The maximum Gasteiger partial charge on any atom is 0.338 e. The largest absolute Gasteiger partial charge is 0.506 e. The molecule has 1 atom stereocenters. The number of aromatic nitrogens is 1. The van der Waals surface area contributed by atoms with Gasteiger partial charge in [0, 0.05) is 16.1 Å². The Balaban J connectivity index is 2.01. The summed E-state index contributed by atoms with van der Waals surface area (Å²) in [6.45, 7) is 7.41. The van der Waals surface area contributed by atoms with Crippen molar-refractivity contribution in [1.29, 1.82) is 0 Å². The molecule has 2 heterocycles. The van der Waals surface area contributed by atoms with E-state index in [1.54, 1.807) is 19.9 Å². The second-order valence-electron chi connectivity index (χ2n) is 8.33. The Kier molecular flexibility index (Phi) is 7.59. The quantitative estimate of drug-likeness (QED) is 0.456. The molecule has 0 amide bonds. The minimum Gasteiger partial charge on any atom is -0.506 e. The first-order chi connectivity index (χ1) is 17.1. The maximum absolute atomic E-state index is 13.8. The summed E-state index contributed by atoms with van der Waals surface area (Å²) in [6, 6.07) is 9.38. The van der Waals surface area contributed by atoms with Crippen molar-refractivity contribution in [1.82, 2.24) is 4.57 Å². The van der Waals surface area contributed by atoms with Crippen LogP contribution < -0.4 is 19.6 Å². The molecule has 188 valence electrons. The van der Waals surface area contributed by atoms with Crippen LogP contribution in [0.15, 0.2) is 57.5 Å². The molecule has 36 heavy (non-hydrogen) atoms. The van der Waals surface area contributed by atoms with E-state index in [1.165, 1.54) is 22.8 Å². The number of phenolic OH excluding ortho intramolecular Hbond substituents is 1. The monoisotopic (exact) mass is 546 g/mol. The maximum atomic E-state index is 13.8. The number of thiazole rings is 1. The number of hydrogen-bond acceptors (Lipinski definition) is 7. The van der Waals surface area contributed by atoms with Crippen molar-refractivity contribution in [3.8, 4) is 11.5 Å². The van der Waals surface area contributed by atoms with Crippen LogP contribution in [0.5, 0.6) is 11.5 Å². The Morgan fingerprint density at radius 2 is 2.00 bits per heavy atom. The Hall–Kier alpha value is -3.07. The third kappa shape index (κ3) is 4.93. The van der Waals surface area contributed by atoms with Crippen LogP contribution in [-0.2, 0) is 9.53 Å². The Labute approximate surface area is 221 Å². The van der Waals surface area contributed by atoms with Crippen LogP contribution in [-0.4, -0.2) is 28.4 Å². The van der Waals surface area contributed by atoms with Crippen molar-refractivity contribution in [2.75, 3.05) is 6.61 Å². The number of carbonyl (C=O) groups is 1. The zero-order valence-electron chi connectivity index (χ0n) is 20.0. The van der Waals surface area contributed by atoms with E-state index in [-0.39, 0.29) is 33.6 Å². The van der Waals surface area contributed by atoms with Crippen LogP contribution in [0.4, 0.5) is 0 Å².